The molecule has 0 aliphatic carbocycles. The third-order valence-electron chi connectivity index (χ3n) is 3.34. The first-order valence-electron chi connectivity index (χ1n) is 6.50. The van der Waals surface area contributed by atoms with Gasteiger partial charge in [-0.1, -0.05) is 35.0 Å². The first-order chi connectivity index (χ1) is 9.49. The quantitative estimate of drug-likeness (QED) is 0.908. The highest BCUT2D eigenvalue weighted by Crippen LogP contribution is 2.14. The maximum absolute atomic E-state index is 12.1. The number of aryl methyl sites for hydroxylation is 3. The van der Waals surface area contributed by atoms with Crippen LogP contribution in [0.2, 0.25) is 0 Å². The van der Waals surface area contributed by atoms with Crippen LogP contribution in [0.15, 0.2) is 28.8 Å². The Kier molecular flexibility index (Phi) is 5.93. The smallest absolute Gasteiger partial charge is 0.241 e. The van der Waals surface area contributed by atoms with Gasteiger partial charge in [-0.15, -0.1) is 12.4 Å². The van der Waals surface area contributed by atoms with Crippen LogP contribution in [0, 0.1) is 20.8 Å². The van der Waals surface area contributed by atoms with Gasteiger partial charge in [0.2, 0.25) is 5.91 Å². The van der Waals surface area contributed by atoms with Crippen LogP contribution in [-0.2, 0) is 11.3 Å². The molecule has 21 heavy (non-hydrogen) atoms. The number of nitrogens with two attached hydrogens (primary N) is 1. The molecule has 0 aliphatic rings. The molecule has 0 saturated heterocycles. The Labute approximate surface area is 130 Å². The average molecular weight is 310 g/mol. The number of nitrogens with zero attached hydrogens (tertiary/aromatic N) is 1. The van der Waals surface area contributed by atoms with Crippen molar-refractivity contribution in [3.05, 3.63) is 52.4 Å². The van der Waals surface area contributed by atoms with Crippen molar-refractivity contribution in [3.8, 4) is 0 Å². The summed E-state index contributed by atoms with van der Waals surface area (Å²) in [4.78, 5) is 12.1. The number of nitrogens with one attached hydrogen (secondary N) is 1. The highest BCUT2D eigenvalue weighted by molar-refractivity contribution is 5.85. The van der Waals surface area contributed by atoms with Crippen molar-refractivity contribution in [3.63, 3.8) is 0 Å². The lowest BCUT2D eigenvalue weighted by Gasteiger charge is -2.12. The molecule has 2 aromatic rings. The molecule has 0 bridgehead atoms. The predicted octanol–water partition coefficient (Wildman–Crippen LogP) is 2.34. The normalized spacial score (nSPS) is 11.6. The minimum atomic E-state index is -0.670. The van der Waals surface area contributed by atoms with E-state index in [1.165, 1.54) is 0 Å². The predicted molar refractivity (Wildman–Crippen MR) is 83.2 cm³/mol. The Balaban J connectivity index is 0.00000220. The van der Waals surface area contributed by atoms with E-state index in [0.717, 1.165) is 22.4 Å². The van der Waals surface area contributed by atoms with Crippen LogP contribution >= 0.6 is 12.4 Å². The van der Waals surface area contributed by atoms with E-state index in [1.807, 2.05) is 45.0 Å². The summed E-state index contributed by atoms with van der Waals surface area (Å²) in [7, 11) is 0. The number of aromatic nitrogens is 1. The number of carbonyl (C=O) groups is 1. The maximum atomic E-state index is 12.1. The zero-order chi connectivity index (χ0) is 14.7. The SMILES string of the molecule is Cc1ccc(C(N)C(=O)NCc2c(C)noc2C)cc1.Cl. The number of halogens is 1. The van der Waals surface area contributed by atoms with Crippen molar-refractivity contribution < 1.29 is 9.32 Å². The zero-order valence-corrected chi connectivity index (χ0v) is 13.2. The molecule has 2 rings (SSSR count). The van der Waals surface area contributed by atoms with Gasteiger partial charge in [0.15, 0.2) is 0 Å². The summed E-state index contributed by atoms with van der Waals surface area (Å²) in [5.41, 5.74) is 9.57. The Morgan fingerprint density at radius 3 is 2.43 bits per heavy atom. The number of hydrogen-bond donors (Lipinski definition) is 2. The minimum Gasteiger partial charge on any atom is -0.361 e. The lowest BCUT2D eigenvalue weighted by atomic mass is 10.1. The topological polar surface area (TPSA) is 81.2 Å². The Morgan fingerprint density at radius 1 is 1.29 bits per heavy atom. The molecule has 1 amide bonds. The zero-order valence-electron chi connectivity index (χ0n) is 12.3. The molecular weight excluding hydrogens is 290 g/mol. The van der Waals surface area contributed by atoms with E-state index in [4.69, 9.17) is 10.3 Å². The summed E-state index contributed by atoms with van der Waals surface area (Å²) < 4.78 is 5.05. The number of carbonyl (C=O) groups excluding carboxylic acids is 1. The molecule has 0 radical (unpaired) electrons. The highest BCUT2D eigenvalue weighted by Gasteiger charge is 2.17. The van der Waals surface area contributed by atoms with Gasteiger partial charge in [0.1, 0.15) is 11.8 Å². The maximum Gasteiger partial charge on any atom is 0.241 e. The Morgan fingerprint density at radius 2 is 1.90 bits per heavy atom. The molecule has 1 atom stereocenters. The molecule has 0 fully saturated rings. The molecule has 0 spiro atoms. The molecule has 114 valence electrons. The fourth-order valence-corrected chi connectivity index (χ4v) is 1.96. The van der Waals surface area contributed by atoms with Crippen molar-refractivity contribution in [2.75, 3.05) is 0 Å². The van der Waals surface area contributed by atoms with E-state index < -0.39 is 6.04 Å². The largest absolute Gasteiger partial charge is 0.361 e. The van der Waals surface area contributed by atoms with Crippen molar-refractivity contribution in [2.45, 2.75) is 33.4 Å². The van der Waals surface area contributed by atoms with Gasteiger partial charge < -0.3 is 15.6 Å². The Bertz CT molecular complexity index is 588. The average Bonchev–Trinajstić information content (AvgIpc) is 2.75. The molecule has 1 unspecified atom stereocenters. The number of amides is 1. The van der Waals surface area contributed by atoms with Gasteiger partial charge in [-0.3, -0.25) is 4.79 Å². The second-order valence-electron chi connectivity index (χ2n) is 4.91. The van der Waals surface area contributed by atoms with E-state index in [2.05, 4.69) is 10.5 Å². The minimum absolute atomic E-state index is 0. The third-order valence-corrected chi connectivity index (χ3v) is 3.34. The van der Waals surface area contributed by atoms with E-state index >= 15 is 0 Å². The molecule has 0 aliphatic heterocycles. The second kappa shape index (κ2) is 7.24. The van der Waals surface area contributed by atoms with Crippen molar-refractivity contribution >= 4 is 18.3 Å². The molecule has 1 aromatic carbocycles. The van der Waals surface area contributed by atoms with Crippen LogP contribution in [-0.4, -0.2) is 11.1 Å². The van der Waals surface area contributed by atoms with Gasteiger partial charge in [0.05, 0.1) is 5.69 Å². The fourth-order valence-electron chi connectivity index (χ4n) is 1.96. The van der Waals surface area contributed by atoms with E-state index in [1.54, 1.807) is 0 Å². The molecule has 5 nitrogen and oxygen atoms in total. The van der Waals surface area contributed by atoms with E-state index in [-0.39, 0.29) is 18.3 Å². The molecule has 1 heterocycles. The third kappa shape index (κ3) is 4.06. The number of benzene rings is 1. The van der Waals surface area contributed by atoms with Gasteiger partial charge >= 0.3 is 0 Å². The summed E-state index contributed by atoms with van der Waals surface area (Å²) in [6, 6.07) is 6.95. The number of rotatable bonds is 4. The Hall–Kier alpha value is -1.85. The summed E-state index contributed by atoms with van der Waals surface area (Å²) in [6.07, 6.45) is 0. The van der Waals surface area contributed by atoms with Crippen molar-refractivity contribution in [2.24, 2.45) is 5.73 Å². The fraction of sp³-hybridized carbons (Fsp3) is 0.333. The lowest BCUT2D eigenvalue weighted by molar-refractivity contribution is -0.122. The lowest BCUT2D eigenvalue weighted by Crippen LogP contribution is -2.33. The summed E-state index contributed by atoms with van der Waals surface area (Å²) in [5, 5.41) is 6.66. The van der Waals surface area contributed by atoms with Crippen LogP contribution in [0.5, 0.6) is 0 Å². The molecule has 0 saturated carbocycles. The van der Waals surface area contributed by atoms with Crippen LogP contribution in [0.3, 0.4) is 0 Å². The van der Waals surface area contributed by atoms with Gasteiger partial charge in [-0.05, 0) is 26.3 Å². The molecule has 6 heteroatoms. The molecule has 1 aromatic heterocycles. The van der Waals surface area contributed by atoms with Gasteiger partial charge in [0.25, 0.3) is 0 Å². The van der Waals surface area contributed by atoms with Crippen LogP contribution in [0.25, 0.3) is 0 Å². The summed E-state index contributed by atoms with van der Waals surface area (Å²) in [5.74, 6) is 0.501. The van der Waals surface area contributed by atoms with E-state index in [9.17, 15) is 4.79 Å². The number of hydrogen-bond acceptors (Lipinski definition) is 4. The second-order valence-corrected chi connectivity index (χ2v) is 4.91. The van der Waals surface area contributed by atoms with Gasteiger partial charge in [-0.25, -0.2) is 0 Å². The van der Waals surface area contributed by atoms with E-state index in [0.29, 0.717) is 12.3 Å². The van der Waals surface area contributed by atoms with Gasteiger partial charge in [-0.2, -0.15) is 0 Å². The van der Waals surface area contributed by atoms with Crippen LogP contribution in [0.4, 0.5) is 0 Å². The van der Waals surface area contributed by atoms with Crippen LogP contribution < -0.4 is 11.1 Å². The van der Waals surface area contributed by atoms with Crippen LogP contribution in [0.1, 0.15) is 34.2 Å². The summed E-state index contributed by atoms with van der Waals surface area (Å²) in [6.45, 7) is 6.03. The highest BCUT2D eigenvalue weighted by atomic mass is 35.5. The molecule has 3 N–H and O–H groups in total. The first kappa shape index (κ1) is 17.2. The van der Waals surface area contributed by atoms with Crippen molar-refractivity contribution in [1.29, 1.82) is 0 Å². The standard InChI is InChI=1S/C15H19N3O2.ClH/c1-9-4-6-12(7-5-9)14(16)15(19)17-8-13-10(2)18-20-11(13)3;/h4-7,14H,8,16H2,1-3H3,(H,17,19);1H. The molecular formula is C15H20ClN3O2. The first-order valence-corrected chi connectivity index (χ1v) is 6.50. The summed E-state index contributed by atoms with van der Waals surface area (Å²) >= 11 is 0. The van der Waals surface area contributed by atoms with Gasteiger partial charge in [0, 0.05) is 12.1 Å². The monoisotopic (exact) mass is 309 g/mol. The van der Waals surface area contributed by atoms with Crippen molar-refractivity contribution in [1.82, 2.24) is 10.5 Å².